The zero-order valence-electron chi connectivity index (χ0n) is 10.9. The number of hydrogen-bond acceptors (Lipinski definition) is 2. The first kappa shape index (κ1) is 16.9. The lowest BCUT2D eigenvalue weighted by Crippen LogP contribution is -2.42. The average Bonchev–Trinajstić information content (AvgIpc) is 2.43. The van der Waals surface area contributed by atoms with E-state index in [2.05, 4.69) is 0 Å². The normalized spacial score (nSPS) is 12.1. The molecule has 0 heterocycles. The van der Waals surface area contributed by atoms with Crippen molar-refractivity contribution in [1.29, 1.82) is 0 Å². The molecule has 0 aromatic heterocycles. The lowest BCUT2D eigenvalue weighted by Gasteiger charge is -2.24. The predicted octanol–water partition coefficient (Wildman–Crippen LogP) is 2.32. The van der Waals surface area contributed by atoms with Gasteiger partial charge in [0.2, 0.25) is 5.82 Å². The van der Waals surface area contributed by atoms with E-state index in [1.54, 1.807) is 0 Å². The number of benzene rings is 1. The topological polar surface area (TPSA) is 57.6 Å². The van der Waals surface area contributed by atoms with Crippen LogP contribution in [0.2, 0.25) is 0 Å². The molecule has 116 valence electrons. The summed E-state index contributed by atoms with van der Waals surface area (Å²) in [7, 11) is 0.892. The number of rotatable bonds is 4. The number of hydrogen-bond donors (Lipinski definition) is 1. The van der Waals surface area contributed by atoms with Gasteiger partial charge >= 0.3 is 5.97 Å². The van der Waals surface area contributed by atoms with Crippen molar-refractivity contribution in [3.05, 3.63) is 34.6 Å². The third-order valence-corrected chi connectivity index (χ3v) is 2.88. The first-order valence-electron chi connectivity index (χ1n) is 5.66. The van der Waals surface area contributed by atoms with Crippen LogP contribution in [0.4, 0.5) is 22.0 Å². The Morgan fingerprint density at radius 1 is 1.00 bits per heavy atom. The second-order valence-electron chi connectivity index (χ2n) is 4.12. The van der Waals surface area contributed by atoms with Crippen LogP contribution >= 0.6 is 0 Å². The van der Waals surface area contributed by atoms with Crippen molar-refractivity contribution in [2.24, 2.45) is 0 Å². The van der Waals surface area contributed by atoms with Crippen LogP contribution in [0.3, 0.4) is 0 Å². The van der Waals surface area contributed by atoms with Crippen LogP contribution in [-0.2, 0) is 4.79 Å². The van der Waals surface area contributed by atoms with Gasteiger partial charge in [-0.05, 0) is 6.42 Å². The van der Waals surface area contributed by atoms with Crippen LogP contribution in [-0.4, -0.2) is 35.0 Å². The number of amides is 1. The SMILES string of the molecule is CCC(C(=O)O)N(C)C(=O)c1c(F)c(F)c(F)c(F)c1F. The Morgan fingerprint density at radius 2 is 1.38 bits per heavy atom. The first-order chi connectivity index (χ1) is 9.64. The Morgan fingerprint density at radius 3 is 1.71 bits per heavy atom. The summed E-state index contributed by atoms with van der Waals surface area (Å²) in [5.41, 5.74) is -1.69. The molecule has 1 N–H and O–H groups in total. The highest BCUT2D eigenvalue weighted by Gasteiger charge is 2.34. The lowest BCUT2D eigenvalue weighted by atomic mass is 10.1. The molecule has 0 aliphatic heterocycles. The fraction of sp³-hybridized carbons (Fsp3) is 0.333. The Bertz CT molecular complexity index is 576. The van der Waals surface area contributed by atoms with E-state index in [1.165, 1.54) is 6.92 Å². The van der Waals surface area contributed by atoms with E-state index in [-0.39, 0.29) is 6.42 Å². The molecule has 0 spiro atoms. The van der Waals surface area contributed by atoms with E-state index >= 15 is 0 Å². The van der Waals surface area contributed by atoms with E-state index in [4.69, 9.17) is 5.11 Å². The third-order valence-electron chi connectivity index (χ3n) is 2.88. The number of carbonyl (C=O) groups excluding carboxylic acids is 1. The minimum atomic E-state index is -2.39. The summed E-state index contributed by atoms with van der Waals surface area (Å²) in [6.45, 7) is 1.38. The number of likely N-dealkylation sites (N-methyl/N-ethyl adjacent to an activating group) is 1. The van der Waals surface area contributed by atoms with Crippen LogP contribution in [0.25, 0.3) is 0 Å². The summed E-state index contributed by atoms with van der Waals surface area (Å²) in [5, 5.41) is 8.84. The maximum absolute atomic E-state index is 13.5. The Kier molecular flexibility index (Phi) is 4.87. The van der Waals surface area contributed by atoms with E-state index in [0.29, 0.717) is 4.90 Å². The van der Waals surface area contributed by atoms with Crippen molar-refractivity contribution in [2.45, 2.75) is 19.4 Å². The monoisotopic (exact) mass is 311 g/mol. The lowest BCUT2D eigenvalue weighted by molar-refractivity contribution is -0.142. The standard InChI is InChI=1S/C12H10F5NO3/c1-3-4(12(20)21)18(2)11(19)5-6(13)8(15)10(17)9(16)7(5)14/h4H,3H2,1-2H3,(H,20,21). The van der Waals surface area contributed by atoms with Crippen LogP contribution in [0, 0.1) is 29.1 Å². The molecule has 0 radical (unpaired) electrons. The van der Waals surface area contributed by atoms with Crippen molar-refractivity contribution >= 4 is 11.9 Å². The molecule has 1 rings (SSSR count). The van der Waals surface area contributed by atoms with Gasteiger partial charge in [-0.2, -0.15) is 0 Å². The molecule has 0 saturated heterocycles. The molecule has 4 nitrogen and oxygen atoms in total. The minimum absolute atomic E-state index is 0.118. The highest BCUT2D eigenvalue weighted by molar-refractivity contribution is 5.97. The Balaban J connectivity index is 3.41. The third kappa shape index (κ3) is 2.81. The van der Waals surface area contributed by atoms with Gasteiger partial charge in [0.25, 0.3) is 5.91 Å². The molecule has 1 atom stereocenters. The number of carboxylic acid groups (broad SMARTS) is 1. The van der Waals surface area contributed by atoms with Gasteiger partial charge in [0.05, 0.1) is 0 Å². The second-order valence-corrected chi connectivity index (χ2v) is 4.12. The molecule has 0 bridgehead atoms. The molecule has 1 amide bonds. The molecule has 0 aliphatic carbocycles. The van der Waals surface area contributed by atoms with Crippen molar-refractivity contribution < 1.29 is 36.6 Å². The van der Waals surface area contributed by atoms with Gasteiger partial charge in [-0.1, -0.05) is 6.92 Å². The minimum Gasteiger partial charge on any atom is -0.480 e. The van der Waals surface area contributed by atoms with E-state index in [0.717, 1.165) is 7.05 Å². The molecule has 0 aliphatic rings. The van der Waals surface area contributed by atoms with Crippen molar-refractivity contribution in [2.75, 3.05) is 7.05 Å². The summed E-state index contributed by atoms with van der Waals surface area (Å²) in [5.74, 6) is -14.6. The number of carbonyl (C=O) groups is 2. The molecular weight excluding hydrogens is 301 g/mol. The summed E-state index contributed by atoms with van der Waals surface area (Å²) >= 11 is 0. The quantitative estimate of drug-likeness (QED) is 0.527. The molecule has 21 heavy (non-hydrogen) atoms. The van der Waals surface area contributed by atoms with Crippen LogP contribution in [0.5, 0.6) is 0 Å². The maximum atomic E-state index is 13.5. The second kappa shape index (κ2) is 6.06. The Labute approximate surface area is 115 Å². The fourth-order valence-corrected chi connectivity index (χ4v) is 1.72. The number of aliphatic carboxylic acids is 1. The number of halogens is 5. The van der Waals surface area contributed by atoms with Gasteiger partial charge in [-0.15, -0.1) is 0 Å². The molecule has 1 aromatic carbocycles. The van der Waals surface area contributed by atoms with Gasteiger partial charge in [0.15, 0.2) is 23.3 Å². The van der Waals surface area contributed by atoms with Crippen LogP contribution in [0.1, 0.15) is 23.7 Å². The molecule has 1 aromatic rings. The van der Waals surface area contributed by atoms with Crippen LogP contribution in [0.15, 0.2) is 0 Å². The molecular formula is C12H10F5NO3. The Hall–Kier alpha value is -2.19. The molecule has 0 saturated carbocycles. The fourth-order valence-electron chi connectivity index (χ4n) is 1.72. The molecule has 9 heteroatoms. The highest BCUT2D eigenvalue weighted by atomic mass is 19.2. The van der Waals surface area contributed by atoms with Gasteiger partial charge in [0.1, 0.15) is 11.6 Å². The average molecular weight is 311 g/mol. The zero-order chi connectivity index (χ0) is 16.5. The van der Waals surface area contributed by atoms with Crippen molar-refractivity contribution in [3.8, 4) is 0 Å². The highest BCUT2D eigenvalue weighted by Crippen LogP contribution is 2.24. The summed E-state index contributed by atoms with van der Waals surface area (Å²) in [6, 6.07) is -1.47. The first-order valence-corrected chi connectivity index (χ1v) is 5.66. The van der Waals surface area contributed by atoms with E-state index in [1.807, 2.05) is 0 Å². The predicted molar refractivity (Wildman–Crippen MR) is 60.0 cm³/mol. The summed E-state index contributed by atoms with van der Waals surface area (Å²) < 4.78 is 65.8. The van der Waals surface area contributed by atoms with Gasteiger partial charge in [-0.25, -0.2) is 26.7 Å². The molecule has 1 unspecified atom stereocenters. The van der Waals surface area contributed by atoms with Crippen molar-refractivity contribution in [1.82, 2.24) is 4.90 Å². The largest absolute Gasteiger partial charge is 0.480 e. The maximum Gasteiger partial charge on any atom is 0.326 e. The summed E-state index contributed by atoms with van der Waals surface area (Å²) in [6.07, 6.45) is -0.118. The van der Waals surface area contributed by atoms with Gasteiger partial charge < -0.3 is 10.0 Å². The van der Waals surface area contributed by atoms with E-state index in [9.17, 15) is 31.5 Å². The van der Waals surface area contributed by atoms with Crippen molar-refractivity contribution in [3.63, 3.8) is 0 Å². The number of carboxylic acids is 1. The zero-order valence-corrected chi connectivity index (χ0v) is 10.9. The summed E-state index contributed by atoms with van der Waals surface area (Å²) in [4.78, 5) is 23.1. The number of nitrogens with zero attached hydrogens (tertiary/aromatic N) is 1. The molecule has 0 fully saturated rings. The van der Waals surface area contributed by atoms with Crippen LogP contribution < -0.4 is 0 Å². The van der Waals surface area contributed by atoms with Gasteiger partial charge in [-0.3, -0.25) is 4.79 Å². The van der Waals surface area contributed by atoms with E-state index < -0.39 is 52.6 Å². The smallest absolute Gasteiger partial charge is 0.326 e. The van der Waals surface area contributed by atoms with Gasteiger partial charge in [0, 0.05) is 7.05 Å².